The minimum atomic E-state index is -0.306. The van der Waals surface area contributed by atoms with Gasteiger partial charge in [-0.2, -0.15) is 0 Å². The Morgan fingerprint density at radius 1 is 1.33 bits per heavy atom. The maximum atomic E-state index is 10.6. The van der Waals surface area contributed by atoms with Gasteiger partial charge in [0.25, 0.3) is 0 Å². The summed E-state index contributed by atoms with van der Waals surface area (Å²) in [5.74, 6) is 0. The second kappa shape index (κ2) is 5.27. The zero-order valence-corrected chi connectivity index (χ0v) is 12.7. The van der Waals surface area contributed by atoms with E-state index >= 15 is 0 Å². The molecule has 1 atom stereocenters. The third-order valence-corrected chi connectivity index (χ3v) is 5.52. The van der Waals surface area contributed by atoms with E-state index in [-0.39, 0.29) is 11.6 Å². The van der Waals surface area contributed by atoms with Crippen LogP contribution in [0.15, 0.2) is 0 Å². The summed E-state index contributed by atoms with van der Waals surface area (Å²) in [6.07, 6.45) is 5.04. The van der Waals surface area contributed by atoms with Crippen molar-refractivity contribution in [1.82, 2.24) is 9.88 Å². The minimum absolute atomic E-state index is 0.0342. The molecule has 1 N–H and O–H groups in total. The van der Waals surface area contributed by atoms with Gasteiger partial charge in [0.2, 0.25) is 0 Å². The van der Waals surface area contributed by atoms with Crippen LogP contribution in [0.1, 0.15) is 41.3 Å². The Morgan fingerprint density at radius 2 is 1.94 bits per heavy atom. The number of rotatable bonds is 4. The SMILES string of the molecule is Cc1nc(CC(O)C2(N(C)C)CCCC2)sc1C. The van der Waals surface area contributed by atoms with Crippen LogP contribution in [0.2, 0.25) is 0 Å². The fraction of sp³-hybridized carbons (Fsp3) is 0.786. The van der Waals surface area contributed by atoms with Gasteiger partial charge in [-0.05, 0) is 40.8 Å². The molecule has 0 spiro atoms. The third kappa shape index (κ3) is 2.46. The summed E-state index contributed by atoms with van der Waals surface area (Å²) in [7, 11) is 4.18. The molecule has 0 amide bonds. The first-order valence-electron chi connectivity index (χ1n) is 6.74. The summed E-state index contributed by atoms with van der Waals surface area (Å²) in [6, 6.07) is 0. The second-order valence-corrected chi connectivity index (χ2v) is 6.96. The molecule has 1 unspecified atom stereocenters. The van der Waals surface area contributed by atoms with Crippen molar-refractivity contribution in [2.45, 2.75) is 57.6 Å². The number of thiazole rings is 1. The lowest BCUT2D eigenvalue weighted by Gasteiger charge is -2.40. The first-order valence-corrected chi connectivity index (χ1v) is 7.56. The highest BCUT2D eigenvalue weighted by Crippen LogP contribution is 2.38. The van der Waals surface area contributed by atoms with E-state index in [1.165, 1.54) is 17.7 Å². The summed E-state index contributed by atoms with van der Waals surface area (Å²) in [6.45, 7) is 4.14. The van der Waals surface area contributed by atoms with Gasteiger partial charge in [-0.25, -0.2) is 4.98 Å². The Balaban J connectivity index is 2.12. The molecule has 0 aliphatic heterocycles. The van der Waals surface area contributed by atoms with Gasteiger partial charge in [0.15, 0.2) is 0 Å². The highest BCUT2D eigenvalue weighted by molar-refractivity contribution is 7.11. The number of hydrogen-bond acceptors (Lipinski definition) is 4. The van der Waals surface area contributed by atoms with Crippen molar-refractivity contribution in [3.05, 3.63) is 15.6 Å². The number of aliphatic hydroxyl groups is 1. The van der Waals surface area contributed by atoms with Gasteiger partial charge in [0, 0.05) is 16.8 Å². The fourth-order valence-corrected chi connectivity index (χ4v) is 4.02. The molecular formula is C14H24N2OS. The lowest BCUT2D eigenvalue weighted by atomic mass is 9.87. The Labute approximate surface area is 114 Å². The van der Waals surface area contributed by atoms with Gasteiger partial charge in [-0.15, -0.1) is 11.3 Å². The van der Waals surface area contributed by atoms with Gasteiger partial charge in [0.05, 0.1) is 16.8 Å². The molecule has 0 saturated heterocycles. The molecule has 4 heteroatoms. The number of aliphatic hydroxyl groups excluding tert-OH is 1. The van der Waals surface area contributed by atoms with Crippen molar-refractivity contribution in [1.29, 1.82) is 0 Å². The molecular weight excluding hydrogens is 244 g/mol. The molecule has 0 radical (unpaired) electrons. The molecule has 1 aliphatic rings. The van der Waals surface area contributed by atoms with Crippen molar-refractivity contribution in [2.24, 2.45) is 0 Å². The van der Waals surface area contributed by atoms with Crippen molar-refractivity contribution in [3.8, 4) is 0 Å². The normalized spacial score (nSPS) is 20.6. The Kier molecular flexibility index (Phi) is 4.09. The molecule has 0 aromatic carbocycles. The monoisotopic (exact) mass is 268 g/mol. The number of likely N-dealkylation sites (N-methyl/N-ethyl adjacent to an activating group) is 1. The minimum Gasteiger partial charge on any atom is -0.391 e. The third-order valence-electron chi connectivity index (χ3n) is 4.42. The first-order chi connectivity index (χ1) is 8.45. The van der Waals surface area contributed by atoms with E-state index in [1.54, 1.807) is 11.3 Å². The lowest BCUT2D eigenvalue weighted by Crippen LogP contribution is -2.52. The molecule has 2 rings (SSSR count). The number of nitrogens with zero attached hydrogens (tertiary/aromatic N) is 2. The molecule has 102 valence electrons. The van der Waals surface area contributed by atoms with E-state index in [0.717, 1.165) is 23.5 Å². The standard InChI is InChI=1S/C14H24N2OS/c1-10-11(2)18-13(15-10)9-12(17)14(16(3)4)7-5-6-8-14/h12,17H,5-9H2,1-4H3. The Bertz CT molecular complexity index is 388. The summed E-state index contributed by atoms with van der Waals surface area (Å²) >= 11 is 1.72. The largest absolute Gasteiger partial charge is 0.391 e. The smallest absolute Gasteiger partial charge is 0.0957 e. The Hall–Kier alpha value is -0.450. The molecule has 3 nitrogen and oxygen atoms in total. The summed E-state index contributed by atoms with van der Waals surface area (Å²) < 4.78 is 0. The van der Waals surface area contributed by atoms with Gasteiger partial charge in [-0.3, -0.25) is 0 Å². The molecule has 0 bridgehead atoms. The van der Waals surface area contributed by atoms with E-state index in [2.05, 4.69) is 30.9 Å². The van der Waals surface area contributed by atoms with Gasteiger partial charge in [-0.1, -0.05) is 12.8 Å². The van der Waals surface area contributed by atoms with Crippen LogP contribution in [0.4, 0.5) is 0 Å². The quantitative estimate of drug-likeness (QED) is 0.911. The predicted octanol–water partition coefficient (Wildman–Crippen LogP) is 2.54. The lowest BCUT2D eigenvalue weighted by molar-refractivity contribution is -0.00253. The van der Waals surface area contributed by atoms with Crippen LogP contribution in [0.25, 0.3) is 0 Å². The molecule has 1 aromatic rings. The molecule has 1 saturated carbocycles. The van der Waals surface area contributed by atoms with E-state index in [1.807, 2.05) is 6.92 Å². The van der Waals surface area contributed by atoms with Crippen LogP contribution < -0.4 is 0 Å². The molecule has 1 heterocycles. The van der Waals surface area contributed by atoms with Crippen LogP contribution >= 0.6 is 11.3 Å². The van der Waals surface area contributed by atoms with Crippen molar-refractivity contribution in [3.63, 3.8) is 0 Å². The zero-order chi connectivity index (χ0) is 13.3. The van der Waals surface area contributed by atoms with Crippen LogP contribution in [0, 0.1) is 13.8 Å². The number of aryl methyl sites for hydroxylation is 2. The maximum Gasteiger partial charge on any atom is 0.0957 e. The predicted molar refractivity (Wildman–Crippen MR) is 76.2 cm³/mol. The van der Waals surface area contributed by atoms with Gasteiger partial charge >= 0.3 is 0 Å². The van der Waals surface area contributed by atoms with E-state index in [4.69, 9.17) is 0 Å². The second-order valence-electron chi connectivity index (χ2n) is 5.67. The van der Waals surface area contributed by atoms with Crippen molar-refractivity contribution < 1.29 is 5.11 Å². The van der Waals surface area contributed by atoms with Gasteiger partial charge in [0.1, 0.15) is 0 Å². The van der Waals surface area contributed by atoms with Crippen LogP contribution in [0.5, 0.6) is 0 Å². The molecule has 1 aromatic heterocycles. The summed E-state index contributed by atoms with van der Waals surface area (Å²) in [5, 5.41) is 11.7. The molecule has 18 heavy (non-hydrogen) atoms. The van der Waals surface area contributed by atoms with E-state index in [9.17, 15) is 5.11 Å². The van der Waals surface area contributed by atoms with Crippen LogP contribution in [-0.2, 0) is 6.42 Å². The highest BCUT2D eigenvalue weighted by atomic mass is 32.1. The Morgan fingerprint density at radius 3 is 2.39 bits per heavy atom. The van der Waals surface area contributed by atoms with E-state index in [0.29, 0.717) is 6.42 Å². The maximum absolute atomic E-state index is 10.6. The van der Waals surface area contributed by atoms with Gasteiger partial charge < -0.3 is 10.0 Å². The first kappa shape index (κ1) is 14.0. The topological polar surface area (TPSA) is 36.4 Å². The summed E-state index contributed by atoms with van der Waals surface area (Å²) in [5.41, 5.74) is 1.07. The molecule has 1 aliphatic carbocycles. The average molecular weight is 268 g/mol. The number of hydrogen-bond donors (Lipinski definition) is 1. The van der Waals surface area contributed by atoms with Crippen molar-refractivity contribution >= 4 is 11.3 Å². The zero-order valence-electron chi connectivity index (χ0n) is 11.9. The van der Waals surface area contributed by atoms with Crippen LogP contribution in [-0.4, -0.2) is 40.7 Å². The fourth-order valence-electron chi connectivity index (χ4n) is 3.05. The number of aromatic nitrogens is 1. The van der Waals surface area contributed by atoms with E-state index < -0.39 is 0 Å². The molecule has 1 fully saturated rings. The summed E-state index contributed by atoms with van der Waals surface area (Å²) in [4.78, 5) is 8.04. The van der Waals surface area contributed by atoms with Crippen LogP contribution in [0.3, 0.4) is 0 Å². The van der Waals surface area contributed by atoms with Crippen molar-refractivity contribution in [2.75, 3.05) is 14.1 Å². The highest BCUT2D eigenvalue weighted by Gasteiger charge is 2.42. The average Bonchev–Trinajstić information content (AvgIpc) is 2.87.